The van der Waals surface area contributed by atoms with Crippen LogP contribution in [0.3, 0.4) is 0 Å². The van der Waals surface area contributed by atoms with Crippen LogP contribution in [-0.2, 0) is 6.54 Å². The Morgan fingerprint density at radius 1 is 1.06 bits per heavy atom. The Morgan fingerprint density at radius 3 is 2.81 bits per heavy atom. The van der Waals surface area contributed by atoms with E-state index < -0.39 is 0 Å². The Kier molecular flexibility index (Phi) is 2.53. The van der Waals surface area contributed by atoms with Gasteiger partial charge in [-0.1, -0.05) is 36.4 Å². The largest absolute Gasteiger partial charge is 0.367 e. The van der Waals surface area contributed by atoms with E-state index in [1.165, 1.54) is 37.1 Å². The molecule has 0 radical (unpaired) electrons. The molecule has 1 heteroatoms. The van der Waals surface area contributed by atoms with Crippen molar-refractivity contribution in [3.8, 4) is 0 Å². The monoisotopic (exact) mass is 211 g/mol. The minimum Gasteiger partial charge on any atom is -0.367 e. The zero-order chi connectivity index (χ0) is 10.8. The summed E-state index contributed by atoms with van der Waals surface area (Å²) < 4.78 is 0. The third-order valence-electron chi connectivity index (χ3n) is 3.49. The topological polar surface area (TPSA) is 3.24 Å². The van der Waals surface area contributed by atoms with Crippen molar-refractivity contribution >= 4 is 0 Å². The highest BCUT2D eigenvalue weighted by Gasteiger charge is 2.21. The number of benzene rings is 1. The Bertz CT molecular complexity index is 428. The molecule has 0 aromatic heterocycles. The first kappa shape index (κ1) is 9.71. The quantitative estimate of drug-likeness (QED) is 0.723. The first-order valence-electron chi connectivity index (χ1n) is 6.11. The molecule has 0 fully saturated rings. The summed E-state index contributed by atoms with van der Waals surface area (Å²) in [5.74, 6) is 0. The third kappa shape index (κ3) is 1.78. The summed E-state index contributed by atoms with van der Waals surface area (Å²) in [6.45, 7) is 2.26. The maximum Gasteiger partial charge on any atom is 0.0429 e. The molecule has 0 amide bonds. The van der Waals surface area contributed by atoms with Crippen LogP contribution in [0.15, 0.2) is 53.8 Å². The highest BCUT2D eigenvalue weighted by Crippen LogP contribution is 2.31. The van der Waals surface area contributed by atoms with Crippen LogP contribution >= 0.6 is 0 Å². The third-order valence-corrected chi connectivity index (χ3v) is 3.49. The zero-order valence-corrected chi connectivity index (χ0v) is 9.52. The molecule has 16 heavy (non-hydrogen) atoms. The summed E-state index contributed by atoms with van der Waals surface area (Å²) in [5.41, 5.74) is 4.57. The van der Waals surface area contributed by atoms with Crippen LogP contribution in [0.4, 0.5) is 0 Å². The lowest BCUT2D eigenvalue weighted by Gasteiger charge is -2.22. The number of allylic oxidation sites excluding steroid dienone is 2. The van der Waals surface area contributed by atoms with Gasteiger partial charge in [-0.2, -0.15) is 0 Å². The van der Waals surface area contributed by atoms with Gasteiger partial charge in [-0.3, -0.25) is 0 Å². The highest BCUT2D eigenvalue weighted by atomic mass is 15.1. The fourth-order valence-corrected chi connectivity index (χ4v) is 2.64. The number of hydrogen-bond acceptors (Lipinski definition) is 1. The van der Waals surface area contributed by atoms with E-state index in [1.807, 2.05) is 0 Å². The molecular formula is C15H17N. The fraction of sp³-hybridized carbons (Fsp3) is 0.333. The normalized spacial score (nSPS) is 19.1. The van der Waals surface area contributed by atoms with Gasteiger partial charge in [-0.25, -0.2) is 0 Å². The van der Waals surface area contributed by atoms with Gasteiger partial charge in [0, 0.05) is 18.8 Å². The molecule has 0 spiro atoms. The van der Waals surface area contributed by atoms with Crippen LogP contribution in [0.2, 0.25) is 0 Å². The molecule has 82 valence electrons. The lowest BCUT2D eigenvalue weighted by atomic mass is 10.0. The Hall–Kier alpha value is -1.50. The van der Waals surface area contributed by atoms with Gasteiger partial charge >= 0.3 is 0 Å². The van der Waals surface area contributed by atoms with Gasteiger partial charge < -0.3 is 4.90 Å². The molecule has 3 rings (SSSR count). The molecular weight excluding hydrogens is 194 g/mol. The Balaban J connectivity index is 1.78. The van der Waals surface area contributed by atoms with Crippen molar-refractivity contribution in [3.05, 3.63) is 59.3 Å². The van der Waals surface area contributed by atoms with Crippen molar-refractivity contribution in [1.29, 1.82) is 0 Å². The summed E-state index contributed by atoms with van der Waals surface area (Å²) in [6, 6.07) is 10.8. The van der Waals surface area contributed by atoms with Crippen LogP contribution in [0.1, 0.15) is 24.8 Å². The average Bonchev–Trinajstić information content (AvgIpc) is 2.74. The number of rotatable bonds is 2. The van der Waals surface area contributed by atoms with Crippen LogP contribution in [0.25, 0.3) is 0 Å². The molecule has 1 aromatic carbocycles. The van der Waals surface area contributed by atoms with Crippen molar-refractivity contribution < 1.29 is 0 Å². The smallest absolute Gasteiger partial charge is 0.0429 e. The highest BCUT2D eigenvalue weighted by molar-refractivity contribution is 5.33. The maximum atomic E-state index is 2.51. The Morgan fingerprint density at radius 2 is 1.94 bits per heavy atom. The van der Waals surface area contributed by atoms with E-state index in [4.69, 9.17) is 0 Å². The first-order valence-corrected chi connectivity index (χ1v) is 6.11. The Labute approximate surface area is 97.1 Å². The van der Waals surface area contributed by atoms with Gasteiger partial charge in [-0.05, 0) is 36.5 Å². The van der Waals surface area contributed by atoms with Crippen LogP contribution in [0.5, 0.6) is 0 Å². The molecule has 1 aromatic rings. The van der Waals surface area contributed by atoms with E-state index in [0.29, 0.717) is 0 Å². The van der Waals surface area contributed by atoms with Gasteiger partial charge in [0.15, 0.2) is 0 Å². The van der Waals surface area contributed by atoms with E-state index >= 15 is 0 Å². The van der Waals surface area contributed by atoms with Crippen LogP contribution in [0, 0.1) is 0 Å². The summed E-state index contributed by atoms with van der Waals surface area (Å²) >= 11 is 0. The summed E-state index contributed by atoms with van der Waals surface area (Å²) in [4.78, 5) is 2.51. The van der Waals surface area contributed by atoms with Gasteiger partial charge in [0.25, 0.3) is 0 Å². The van der Waals surface area contributed by atoms with E-state index in [-0.39, 0.29) is 0 Å². The lowest BCUT2D eigenvalue weighted by Crippen LogP contribution is -2.18. The summed E-state index contributed by atoms with van der Waals surface area (Å²) in [5, 5.41) is 0. The molecule has 1 heterocycles. The van der Waals surface area contributed by atoms with Crippen molar-refractivity contribution in [1.82, 2.24) is 4.90 Å². The van der Waals surface area contributed by atoms with Crippen molar-refractivity contribution in [2.45, 2.75) is 25.8 Å². The maximum absolute atomic E-state index is 2.51. The lowest BCUT2D eigenvalue weighted by molar-refractivity contribution is 0.379. The predicted molar refractivity (Wildman–Crippen MR) is 66.9 cm³/mol. The second-order valence-electron chi connectivity index (χ2n) is 4.59. The summed E-state index contributed by atoms with van der Waals surface area (Å²) in [7, 11) is 0. The second-order valence-corrected chi connectivity index (χ2v) is 4.59. The minimum absolute atomic E-state index is 1.06. The van der Waals surface area contributed by atoms with Gasteiger partial charge in [0.1, 0.15) is 0 Å². The first-order chi connectivity index (χ1) is 7.93. The standard InChI is InChI=1S/C15H17N/c1-2-6-13(7-3-1)12-16-11-10-14-8-4-5-9-15(14)16/h1-3,5-7,9H,4,8,10-12H2. The molecule has 2 aliphatic rings. The fourth-order valence-electron chi connectivity index (χ4n) is 2.64. The van der Waals surface area contributed by atoms with Crippen molar-refractivity contribution in [2.75, 3.05) is 6.54 Å². The number of nitrogens with zero attached hydrogens (tertiary/aromatic N) is 1. The van der Waals surface area contributed by atoms with Crippen LogP contribution < -0.4 is 0 Å². The molecule has 0 bridgehead atoms. The van der Waals surface area contributed by atoms with E-state index in [0.717, 1.165) is 6.54 Å². The van der Waals surface area contributed by atoms with E-state index in [2.05, 4.69) is 47.4 Å². The van der Waals surface area contributed by atoms with Gasteiger partial charge in [0.2, 0.25) is 0 Å². The molecule has 0 N–H and O–H groups in total. The average molecular weight is 211 g/mol. The van der Waals surface area contributed by atoms with Gasteiger partial charge in [0.05, 0.1) is 0 Å². The predicted octanol–water partition coefficient (Wildman–Crippen LogP) is 3.50. The SMILES string of the molecule is C1=CC2=C(CC1)CCN2Cc1ccccc1. The van der Waals surface area contributed by atoms with Gasteiger partial charge in [-0.15, -0.1) is 0 Å². The number of hydrogen-bond donors (Lipinski definition) is 0. The molecule has 1 aliphatic carbocycles. The second kappa shape index (κ2) is 4.17. The van der Waals surface area contributed by atoms with Crippen molar-refractivity contribution in [2.24, 2.45) is 0 Å². The molecule has 0 saturated heterocycles. The molecule has 0 unspecified atom stereocenters. The molecule has 1 nitrogen and oxygen atoms in total. The molecule has 0 saturated carbocycles. The molecule has 1 aliphatic heterocycles. The minimum atomic E-state index is 1.06. The van der Waals surface area contributed by atoms with Crippen molar-refractivity contribution in [3.63, 3.8) is 0 Å². The van der Waals surface area contributed by atoms with E-state index in [1.54, 1.807) is 5.57 Å². The molecule has 0 atom stereocenters. The zero-order valence-electron chi connectivity index (χ0n) is 9.52. The van der Waals surface area contributed by atoms with E-state index in [9.17, 15) is 0 Å². The van der Waals surface area contributed by atoms with Crippen LogP contribution in [-0.4, -0.2) is 11.4 Å². The summed E-state index contributed by atoms with van der Waals surface area (Å²) in [6.07, 6.45) is 8.40.